The molecule has 2 aromatic rings. The van der Waals surface area contributed by atoms with Crippen LogP contribution in [0.1, 0.15) is 19.3 Å². The maximum Gasteiger partial charge on any atom is 0.280 e. The Kier molecular flexibility index (Phi) is 4.18. The van der Waals surface area contributed by atoms with Gasteiger partial charge in [0, 0.05) is 17.8 Å². The van der Waals surface area contributed by atoms with Crippen LogP contribution < -0.4 is 4.74 Å². The number of nitrogens with zero attached hydrogens (tertiary/aromatic N) is 2. The summed E-state index contributed by atoms with van der Waals surface area (Å²) in [5.74, 6) is 0.447. The number of rotatable bonds is 4. The van der Waals surface area contributed by atoms with Gasteiger partial charge in [-0.15, -0.1) is 0 Å². The summed E-state index contributed by atoms with van der Waals surface area (Å²) in [6.07, 6.45) is 4.48. The van der Waals surface area contributed by atoms with Gasteiger partial charge in [0.25, 0.3) is 5.69 Å². The van der Waals surface area contributed by atoms with Crippen molar-refractivity contribution in [3.63, 3.8) is 0 Å². The largest absolute Gasteiger partial charge is 0.490 e. The summed E-state index contributed by atoms with van der Waals surface area (Å²) in [6, 6.07) is 6.26. The third-order valence-corrected chi connectivity index (χ3v) is 4.15. The van der Waals surface area contributed by atoms with E-state index in [0.29, 0.717) is 16.9 Å². The Balaban J connectivity index is 2.17. The Bertz CT molecular complexity index is 733. The van der Waals surface area contributed by atoms with Crippen LogP contribution in [0.5, 0.6) is 5.75 Å². The molecule has 22 heavy (non-hydrogen) atoms. The Morgan fingerprint density at radius 2 is 2.09 bits per heavy atom. The van der Waals surface area contributed by atoms with Gasteiger partial charge in [0.15, 0.2) is 0 Å². The Labute approximate surface area is 137 Å². The maximum atomic E-state index is 11.4. The van der Waals surface area contributed by atoms with E-state index >= 15 is 0 Å². The molecule has 0 radical (unpaired) electrons. The number of halogens is 2. The normalized spacial score (nSPS) is 14.5. The van der Waals surface area contributed by atoms with Gasteiger partial charge in [-0.25, -0.2) is 4.98 Å². The predicted octanol–water partition coefficient (Wildman–Crippen LogP) is 4.89. The second-order valence-electron chi connectivity index (χ2n) is 5.07. The summed E-state index contributed by atoms with van der Waals surface area (Å²) in [5.41, 5.74) is 0.720. The Morgan fingerprint density at radius 3 is 2.73 bits per heavy atom. The Hall–Kier alpha value is -1.85. The number of hydrogen-bond acceptors (Lipinski definition) is 4. The summed E-state index contributed by atoms with van der Waals surface area (Å²) >= 11 is 12.1. The molecular weight excluding hydrogens is 327 g/mol. The zero-order valence-corrected chi connectivity index (χ0v) is 13.0. The van der Waals surface area contributed by atoms with Crippen molar-refractivity contribution in [2.24, 2.45) is 0 Å². The van der Waals surface area contributed by atoms with Crippen molar-refractivity contribution in [2.75, 3.05) is 0 Å². The third-order valence-electron chi connectivity index (χ3n) is 3.64. The number of pyridine rings is 1. The van der Waals surface area contributed by atoms with Crippen LogP contribution in [0.4, 0.5) is 5.69 Å². The lowest BCUT2D eigenvalue weighted by molar-refractivity contribution is -0.384. The van der Waals surface area contributed by atoms with Crippen LogP contribution in [0.25, 0.3) is 11.1 Å². The van der Waals surface area contributed by atoms with Crippen molar-refractivity contribution in [3.05, 3.63) is 50.8 Å². The number of ether oxygens (including phenoxy) is 1. The molecule has 0 atom stereocenters. The number of hydrogen-bond donors (Lipinski definition) is 0. The lowest BCUT2D eigenvalue weighted by Gasteiger charge is -2.27. The van der Waals surface area contributed by atoms with Crippen molar-refractivity contribution in [1.29, 1.82) is 0 Å². The summed E-state index contributed by atoms with van der Waals surface area (Å²) in [6.45, 7) is 0. The zero-order valence-electron chi connectivity index (χ0n) is 11.5. The van der Waals surface area contributed by atoms with Gasteiger partial charge in [-0.2, -0.15) is 0 Å². The lowest BCUT2D eigenvalue weighted by Crippen LogP contribution is -2.24. The molecule has 0 saturated heterocycles. The number of benzene rings is 1. The number of aromatic nitrogens is 1. The zero-order chi connectivity index (χ0) is 15.7. The highest BCUT2D eigenvalue weighted by molar-refractivity contribution is 6.34. The molecular formula is C15H12Cl2N2O3. The van der Waals surface area contributed by atoms with E-state index in [4.69, 9.17) is 27.9 Å². The molecule has 0 bridgehead atoms. The number of nitro groups is 1. The van der Waals surface area contributed by atoms with Crippen LogP contribution in [0.2, 0.25) is 10.2 Å². The average Bonchev–Trinajstić information content (AvgIpc) is 2.45. The van der Waals surface area contributed by atoms with Crippen LogP contribution in [-0.4, -0.2) is 16.0 Å². The number of nitro benzene ring substituents is 1. The molecule has 1 fully saturated rings. The van der Waals surface area contributed by atoms with Crippen molar-refractivity contribution < 1.29 is 9.66 Å². The highest BCUT2D eigenvalue weighted by Crippen LogP contribution is 2.43. The van der Waals surface area contributed by atoms with Crippen molar-refractivity contribution >= 4 is 28.9 Å². The first-order valence-electron chi connectivity index (χ1n) is 6.81. The molecule has 114 valence electrons. The minimum absolute atomic E-state index is 0.0685. The molecule has 1 aromatic heterocycles. The first-order chi connectivity index (χ1) is 10.6. The van der Waals surface area contributed by atoms with E-state index in [9.17, 15) is 10.1 Å². The van der Waals surface area contributed by atoms with Gasteiger partial charge in [-0.3, -0.25) is 10.1 Å². The molecule has 1 saturated carbocycles. The van der Waals surface area contributed by atoms with Crippen LogP contribution in [0.15, 0.2) is 30.5 Å². The molecule has 0 aliphatic heterocycles. The van der Waals surface area contributed by atoms with E-state index in [1.807, 2.05) is 0 Å². The lowest BCUT2D eigenvalue weighted by atomic mass is 9.95. The molecule has 1 heterocycles. The standard InChI is InChI=1S/C15H12Cl2N2O3/c16-11-8-18-14(17)7-10(11)15-12(19(20)21)5-2-6-13(15)22-9-3-1-4-9/h2,5-9H,1,3-4H2. The van der Waals surface area contributed by atoms with Crippen molar-refractivity contribution in [1.82, 2.24) is 4.98 Å². The fourth-order valence-corrected chi connectivity index (χ4v) is 2.67. The molecule has 0 N–H and O–H groups in total. The summed E-state index contributed by atoms with van der Waals surface area (Å²) in [7, 11) is 0. The third kappa shape index (κ3) is 2.87. The monoisotopic (exact) mass is 338 g/mol. The first-order valence-corrected chi connectivity index (χ1v) is 7.57. The quantitative estimate of drug-likeness (QED) is 0.452. The fraction of sp³-hybridized carbons (Fsp3) is 0.267. The van der Waals surface area contributed by atoms with Gasteiger partial charge in [0.2, 0.25) is 0 Å². The minimum Gasteiger partial charge on any atom is -0.490 e. The van der Waals surface area contributed by atoms with Crippen LogP contribution in [0, 0.1) is 10.1 Å². The smallest absolute Gasteiger partial charge is 0.280 e. The van der Waals surface area contributed by atoms with E-state index in [0.717, 1.165) is 19.3 Å². The van der Waals surface area contributed by atoms with Gasteiger partial charge in [-0.1, -0.05) is 29.3 Å². The van der Waals surface area contributed by atoms with Gasteiger partial charge in [0.05, 0.1) is 16.0 Å². The van der Waals surface area contributed by atoms with E-state index < -0.39 is 4.92 Å². The molecule has 0 unspecified atom stereocenters. The Morgan fingerprint density at radius 1 is 1.32 bits per heavy atom. The second kappa shape index (κ2) is 6.10. The second-order valence-corrected chi connectivity index (χ2v) is 5.86. The van der Waals surface area contributed by atoms with Crippen LogP contribution in [-0.2, 0) is 0 Å². The molecule has 1 aromatic carbocycles. The van der Waals surface area contributed by atoms with E-state index in [2.05, 4.69) is 4.98 Å². The summed E-state index contributed by atoms with van der Waals surface area (Å²) in [4.78, 5) is 14.8. The summed E-state index contributed by atoms with van der Waals surface area (Å²) in [5, 5.41) is 11.9. The molecule has 0 amide bonds. The maximum absolute atomic E-state index is 11.4. The summed E-state index contributed by atoms with van der Waals surface area (Å²) < 4.78 is 5.89. The fourth-order valence-electron chi connectivity index (χ4n) is 2.31. The van der Waals surface area contributed by atoms with E-state index in [-0.39, 0.29) is 22.0 Å². The topological polar surface area (TPSA) is 65.3 Å². The molecule has 0 spiro atoms. The molecule has 3 rings (SSSR count). The average molecular weight is 339 g/mol. The first kappa shape index (κ1) is 15.1. The van der Waals surface area contributed by atoms with E-state index in [1.54, 1.807) is 12.1 Å². The highest BCUT2D eigenvalue weighted by Gasteiger charge is 2.26. The van der Waals surface area contributed by atoms with Gasteiger partial charge < -0.3 is 4.74 Å². The highest BCUT2D eigenvalue weighted by atomic mass is 35.5. The van der Waals surface area contributed by atoms with Gasteiger partial charge in [0.1, 0.15) is 16.5 Å². The predicted molar refractivity (Wildman–Crippen MR) is 84.6 cm³/mol. The van der Waals surface area contributed by atoms with Crippen molar-refractivity contribution in [3.8, 4) is 16.9 Å². The SMILES string of the molecule is O=[N+]([O-])c1cccc(OC2CCC2)c1-c1cc(Cl)ncc1Cl. The van der Waals surface area contributed by atoms with Crippen LogP contribution in [0.3, 0.4) is 0 Å². The van der Waals surface area contributed by atoms with Crippen LogP contribution >= 0.6 is 23.2 Å². The molecule has 1 aliphatic carbocycles. The minimum atomic E-state index is -0.451. The molecule has 5 nitrogen and oxygen atoms in total. The van der Waals surface area contributed by atoms with Gasteiger partial charge in [-0.05, 0) is 31.4 Å². The van der Waals surface area contributed by atoms with Gasteiger partial charge >= 0.3 is 0 Å². The molecule has 1 aliphatic rings. The van der Waals surface area contributed by atoms with Crippen molar-refractivity contribution in [2.45, 2.75) is 25.4 Å². The van der Waals surface area contributed by atoms with E-state index in [1.165, 1.54) is 18.3 Å². The molecule has 7 heteroatoms.